The lowest BCUT2D eigenvalue weighted by molar-refractivity contribution is 0.469. The van der Waals surface area contributed by atoms with Gasteiger partial charge in [0.1, 0.15) is 0 Å². The van der Waals surface area contributed by atoms with E-state index in [9.17, 15) is 0 Å². The molecule has 9 heavy (non-hydrogen) atoms. The Morgan fingerprint density at radius 2 is 2.22 bits per heavy atom. The minimum atomic E-state index is 0.881. The lowest BCUT2D eigenvalue weighted by Gasteiger charge is -2.01. The Balaban J connectivity index is 2.05. The smallest absolute Gasteiger partial charge is 0.0226 e. The average molecular weight is 127 g/mol. The van der Waals surface area contributed by atoms with Gasteiger partial charge in [0.25, 0.3) is 0 Å². The number of likely N-dealkylation sites (N-methyl/N-ethyl adjacent to an activating group) is 1. The monoisotopic (exact) mass is 127 g/mol. The first-order valence-corrected chi connectivity index (χ1v) is 3.98. The minimum Gasteiger partial charge on any atom is -0.298 e. The molecule has 0 amide bonds. The van der Waals surface area contributed by atoms with Crippen LogP contribution in [0.4, 0.5) is 0 Å². The Morgan fingerprint density at radius 3 is 2.56 bits per heavy atom. The van der Waals surface area contributed by atoms with Crippen molar-refractivity contribution in [3.05, 3.63) is 0 Å². The van der Waals surface area contributed by atoms with Crippen molar-refractivity contribution in [3.63, 3.8) is 0 Å². The van der Waals surface area contributed by atoms with Gasteiger partial charge in [-0.3, -0.25) is 4.90 Å². The molecule has 0 saturated carbocycles. The third kappa shape index (κ3) is 1.98. The van der Waals surface area contributed by atoms with E-state index in [1.54, 1.807) is 0 Å². The van der Waals surface area contributed by atoms with Crippen LogP contribution in [0, 0.1) is 5.92 Å². The highest BCUT2D eigenvalue weighted by Gasteiger charge is 2.31. The quantitative estimate of drug-likeness (QED) is 0.522. The summed E-state index contributed by atoms with van der Waals surface area (Å²) in [5, 5.41) is 0. The van der Waals surface area contributed by atoms with Crippen LogP contribution in [0.3, 0.4) is 0 Å². The molecule has 1 unspecified atom stereocenters. The summed E-state index contributed by atoms with van der Waals surface area (Å²) in [6.45, 7) is 9.44. The summed E-state index contributed by atoms with van der Waals surface area (Å²) < 4.78 is 0. The first kappa shape index (κ1) is 7.07. The summed E-state index contributed by atoms with van der Waals surface area (Å²) in [6.07, 6.45) is 1.40. The fraction of sp³-hybridized carbons (Fsp3) is 1.00. The van der Waals surface area contributed by atoms with E-state index in [0.717, 1.165) is 12.0 Å². The largest absolute Gasteiger partial charge is 0.298 e. The Hall–Kier alpha value is -0.0400. The van der Waals surface area contributed by atoms with E-state index < -0.39 is 0 Å². The van der Waals surface area contributed by atoms with Crippen molar-refractivity contribution in [1.29, 1.82) is 0 Å². The highest BCUT2D eigenvalue weighted by atomic mass is 15.3. The van der Waals surface area contributed by atoms with Gasteiger partial charge in [-0.2, -0.15) is 0 Å². The first-order chi connectivity index (χ1) is 4.24. The molecule has 54 valence electrons. The van der Waals surface area contributed by atoms with E-state index in [1.165, 1.54) is 19.5 Å². The molecule has 0 aromatic carbocycles. The molecule has 1 heterocycles. The van der Waals surface area contributed by atoms with Gasteiger partial charge in [0.05, 0.1) is 0 Å². The van der Waals surface area contributed by atoms with Crippen LogP contribution in [0.15, 0.2) is 0 Å². The molecule has 1 saturated heterocycles. The van der Waals surface area contributed by atoms with E-state index in [1.807, 2.05) is 0 Å². The standard InChI is InChI=1S/C8H17N/c1-4-9-6-8(9)5-7(2)3/h7-8H,4-6H2,1-3H3/t8-,9?/m0/s1. The normalized spacial score (nSPS) is 33.3. The maximum atomic E-state index is 2.51. The molecule has 2 atom stereocenters. The molecule has 1 nitrogen and oxygen atoms in total. The van der Waals surface area contributed by atoms with Gasteiger partial charge in [0, 0.05) is 12.6 Å². The van der Waals surface area contributed by atoms with Crippen molar-refractivity contribution in [2.45, 2.75) is 33.2 Å². The number of nitrogens with zero attached hydrogens (tertiary/aromatic N) is 1. The van der Waals surface area contributed by atoms with Crippen LogP contribution in [0.25, 0.3) is 0 Å². The number of hydrogen-bond donors (Lipinski definition) is 0. The van der Waals surface area contributed by atoms with Crippen LogP contribution in [0.5, 0.6) is 0 Å². The Kier molecular flexibility index (Phi) is 2.12. The van der Waals surface area contributed by atoms with Gasteiger partial charge in [-0.15, -0.1) is 0 Å². The molecular formula is C8H17N. The van der Waals surface area contributed by atoms with Crippen LogP contribution in [0.2, 0.25) is 0 Å². The van der Waals surface area contributed by atoms with Gasteiger partial charge < -0.3 is 0 Å². The fourth-order valence-electron chi connectivity index (χ4n) is 1.38. The topological polar surface area (TPSA) is 3.01 Å². The second-order valence-electron chi connectivity index (χ2n) is 3.37. The lowest BCUT2D eigenvalue weighted by Crippen LogP contribution is -2.02. The molecule has 1 aliphatic heterocycles. The van der Waals surface area contributed by atoms with Crippen LogP contribution in [0.1, 0.15) is 27.2 Å². The summed E-state index contributed by atoms with van der Waals surface area (Å²) in [5.74, 6) is 0.881. The third-order valence-corrected chi connectivity index (χ3v) is 1.98. The van der Waals surface area contributed by atoms with Crippen molar-refractivity contribution in [2.24, 2.45) is 5.92 Å². The molecule has 0 bridgehead atoms. The predicted octanol–water partition coefficient (Wildman–Crippen LogP) is 1.74. The predicted molar refractivity (Wildman–Crippen MR) is 40.5 cm³/mol. The molecule has 1 fully saturated rings. The molecule has 1 heteroatoms. The SMILES string of the molecule is CCN1C[C@@H]1CC(C)C. The highest BCUT2D eigenvalue weighted by molar-refractivity contribution is 4.88. The summed E-state index contributed by atoms with van der Waals surface area (Å²) >= 11 is 0. The van der Waals surface area contributed by atoms with Crippen LogP contribution < -0.4 is 0 Å². The van der Waals surface area contributed by atoms with Gasteiger partial charge in [-0.05, 0) is 18.9 Å². The molecular weight excluding hydrogens is 110 g/mol. The lowest BCUT2D eigenvalue weighted by atomic mass is 10.1. The molecule has 1 aliphatic rings. The number of hydrogen-bond acceptors (Lipinski definition) is 1. The van der Waals surface area contributed by atoms with Crippen LogP contribution >= 0.6 is 0 Å². The molecule has 0 aromatic rings. The maximum Gasteiger partial charge on any atom is 0.0226 e. The Labute approximate surface area is 58.0 Å². The summed E-state index contributed by atoms with van der Waals surface area (Å²) in [7, 11) is 0. The summed E-state index contributed by atoms with van der Waals surface area (Å²) in [4.78, 5) is 2.51. The molecule has 0 radical (unpaired) electrons. The second kappa shape index (κ2) is 2.70. The summed E-state index contributed by atoms with van der Waals surface area (Å²) in [6, 6.07) is 0.940. The molecule has 1 rings (SSSR count). The molecule has 0 aliphatic carbocycles. The van der Waals surface area contributed by atoms with E-state index in [-0.39, 0.29) is 0 Å². The molecule has 0 N–H and O–H groups in total. The van der Waals surface area contributed by atoms with E-state index >= 15 is 0 Å². The second-order valence-corrected chi connectivity index (χ2v) is 3.37. The highest BCUT2D eigenvalue weighted by Crippen LogP contribution is 2.23. The first-order valence-electron chi connectivity index (χ1n) is 3.98. The van der Waals surface area contributed by atoms with Gasteiger partial charge in [0.15, 0.2) is 0 Å². The van der Waals surface area contributed by atoms with Gasteiger partial charge >= 0.3 is 0 Å². The Bertz CT molecular complexity index is 88.6. The van der Waals surface area contributed by atoms with Crippen molar-refractivity contribution in [3.8, 4) is 0 Å². The van der Waals surface area contributed by atoms with E-state index in [0.29, 0.717) is 0 Å². The fourth-order valence-corrected chi connectivity index (χ4v) is 1.38. The zero-order chi connectivity index (χ0) is 6.85. The minimum absolute atomic E-state index is 0.881. The molecule has 0 spiro atoms. The number of rotatable bonds is 3. The van der Waals surface area contributed by atoms with E-state index in [2.05, 4.69) is 25.7 Å². The zero-order valence-electron chi connectivity index (χ0n) is 6.72. The third-order valence-electron chi connectivity index (χ3n) is 1.98. The van der Waals surface area contributed by atoms with Crippen molar-refractivity contribution >= 4 is 0 Å². The van der Waals surface area contributed by atoms with Gasteiger partial charge in [-0.25, -0.2) is 0 Å². The van der Waals surface area contributed by atoms with E-state index in [4.69, 9.17) is 0 Å². The van der Waals surface area contributed by atoms with Gasteiger partial charge in [-0.1, -0.05) is 20.8 Å². The zero-order valence-corrected chi connectivity index (χ0v) is 6.72. The van der Waals surface area contributed by atoms with Crippen LogP contribution in [-0.2, 0) is 0 Å². The van der Waals surface area contributed by atoms with Crippen LogP contribution in [-0.4, -0.2) is 24.0 Å². The average Bonchev–Trinajstić information content (AvgIpc) is 2.45. The van der Waals surface area contributed by atoms with Crippen molar-refractivity contribution in [2.75, 3.05) is 13.1 Å². The summed E-state index contributed by atoms with van der Waals surface area (Å²) in [5.41, 5.74) is 0. The van der Waals surface area contributed by atoms with Gasteiger partial charge in [0.2, 0.25) is 0 Å². The molecule has 0 aromatic heterocycles. The van der Waals surface area contributed by atoms with Crippen molar-refractivity contribution in [1.82, 2.24) is 4.90 Å². The Morgan fingerprint density at radius 1 is 1.56 bits per heavy atom. The van der Waals surface area contributed by atoms with Crippen molar-refractivity contribution < 1.29 is 0 Å². The maximum absolute atomic E-state index is 2.51.